The molecule has 1 heterocycles. The van der Waals surface area contributed by atoms with E-state index in [4.69, 9.17) is 4.74 Å². The summed E-state index contributed by atoms with van der Waals surface area (Å²) in [5, 5.41) is 0. The first-order valence-electron chi connectivity index (χ1n) is 9.41. The van der Waals surface area contributed by atoms with Crippen molar-refractivity contribution in [2.45, 2.75) is 49.2 Å². The maximum atomic E-state index is 14.0. The van der Waals surface area contributed by atoms with Crippen LogP contribution in [0.15, 0.2) is 43.8 Å². The van der Waals surface area contributed by atoms with Gasteiger partial charge in [-0.15, -0.1) is 0 Å². The fraction of sp³-hybridized carbons (Fsp3) is 0.333. The molecule has 9 nitrogen and oxygen atoms in total. The molecule has 0 atom stereocenters. The molecule has 0 aromatic heterocycles. The van der Waals surface area contributed by atoms with E-state index in [0.29, 0.717) is 7.16 Å². The number of hydrogen-bond acceptors (Lipinski definition) is 7. The molecule has 176 valence electrons. The van der Waals surface area contributed by atoms with Crippen LogP contribution in [0.4, 0.5) is 0 Å². The molecule has 1 aliphatic heterocycles. The Morgan fingerprint density at radius 2 is 1.00 bits per heavy atom. The predicted molar refractivity (Wildman–Crippen MR) is 124 cm³/mol. The van der Waals surface area contributed by atoms with Gasteiger partial charge in [-0.25, -0.2) is 0 Å². The summed E-state index contributed by atoms with van der Waals surface area (Å²) >= 11 is -6.48. The van der Waals surface area contributed by atoms with E-state index in [0.717, 1.165) is 12.1 Å². The summed E-state index contributed by atoms with van der Waals surface area (Å²) in [4.78, 5) is 9.31. The second-order valence-electron chi connectivity index (χ2n) is 9.59. The van der Waals surface area contributed by atoms with Crippen molar-refractivity contribution in [2.75, 3.05) is 0 Å². The molecule has 2 aromatic rings. The van der Waals surface area contributed by atoms with E-state index in [9.17, 15) is 34.4 Å². The topological polar surface area (TPSA) is 152 Å². The molecule has 1 aliphatic rings. The summed E-state index contributed by atoms with van der Waals surface area (Å²) in [5.74, 6) is -1.29. The fourth-order valence-electron chi connectivity index (χ4n) is 3.61. The van der Waals surface area contributed by atoms with Gasteiger partial charge < -0.3 is 0 Å². The van der Waals surface area contributed by atoms with Gasteiger partial charge in [0.05, 0.1) is 0 Å². The molecule has 0 saturated carbocycles. The zero-order valence-electron chi connectivity index (χ0n) is 18.3. The van der Waals surface area contributed by atoms with E-state index in [1.807, 2.05) is 29.6 Å². The van der Waals surface area contributed by atoms with Crippen LogP contribution >= 0.6 is 0 Å². The molecule has 0 radical (unpaired) electrons. The first kappa shape index (κ1) is 26.2. The monoisotopic (exact) mass is 720 g/mol. The Hall–Kier alpha value is -0.393. The van der Waals surface area contributed by atoms with E-state index in [2.05, 4.69) is 0 Å². The molecule has 32 heavy (non-hydrogen) atoms. The predicted octanol–water partition coefficient (Wildman–Crippen LogP) is 2.21. The molecule has 0 amide bonds. The molecular formula is C18H24O9S3Sn2. The van der Waals surface area contributed by atoms with Crippen molar-refractivity contribution in [3.05, 3.63) is 24.3 Å². The van der Waals surface area contributed by atoms with Crippen LogP contribution in [0.3, 0.4) is 0 Å². The second kappa shape index (κ2) is 7.81. The molecule has 0 bridgehead atoms. The van der Waals surface area contributed by atoms with E-state index in [1.54, 1.807) is 0 Å². The van der Waals surface area contributed by atoms with Gasteiger partial charge in [0, 0.05) is 0 Å². The number of benzene rings is 2. The fourth-order valence-corrected chi connectivity index (χ4v) is 21.0. The maximum absolute atomic E-state index is 14.0. The normalized spacial score (nSPS) is 16.1. The van der Waals surface area contributed by atoms with Crippen LogP contribution in [0.25, 0.3) is 0 Å². The van der Waals surface area contributed by atoms with Crippen LogP contribution in [0.2, 0.25) is 29.6 Å². The number of rotatable bonds is 4. The van der Waals surface area contributed by atoms with Crippen molar-refractivity contribution in [1.82, 2.24) is 0 Å². The van der Waals surface area contributed by atoms with Crippen LogP contribution in [0.1, 0.15) is 0 Å². The average Bonchev–Trinajstić information content (AvgIpc) is 2.56. The van der Waals surface area contributed by atoms with E-state index >= 15 is 0 Å². The Labute approximate surface area is 196 Å². The molecule has 0 aliphatic carbocycles. The van der Waals surface area contributed by atoms with Crippen molar-refractivity contribution < 1.29 is 39.1 Å². The molecule has 0 fully saturated rings. The molecule has 0 unspecified atom stereocenters. The first-order valence-corrected chi connectivity index (χ1v) is 33.8. The van der Waals surface area contributed by atoms with Gasteiger partial charge in [0.25, 0.3) is 0 Å². The Balaban J connectivity index is 2.65. The van der Waals surface area contributed by atoms with Gasteiger partial charge in [0.1, 0.15) is 0 Å². The van der Waals surface area contributed by atoms with Gasteiger partial charge in [-0.2, -0.15) is 0 Å². The van der Waals surface area contributed by atoms with Crippen molar-refractivity contribution in [2.24, 2.45) is 0 Å². The minimum absolute atomic E-state index is 0.354. The Bertz CT molecular complexity index is 1360. The molecule has 0 saturated heterocycles. The molecular weight excluding hydrogens is 694 g/mol. The Morgan fingerprint density at radius 3 is 1.25 bits per heavy atom. The van der Waals surface area contributed by atoms with Crippen LogP contribution in [0.5, 0.6) is 11.5 Å². The number of ether oxygens (including phenoxy) is 1. The molecule has 2 N–H and O–H groups in total. The van der Waals surface area contributed by atoms with Crippen LogP contribution in [-0.4, -0.2) is 71.1 Å². The Kier molecular flexibility index (Phi) is 6.40. The third-order valence-electron chi connectivity index (χ3n) is 5.07. The molecule has 0 spiro atoms. The van der Waals surface area contributed by atoms with Gasteiger partial charge in [-0.3, -0.25) is 0 Å². The van der Waals surface area contributed by atoms with Gasteiger partial charge in [0.15, 0.2) is 0 Å². The van der Waals surface area contributed by atoms with Crippen molar-refractivity contribution in [3.63, 3.8) is 0 Å². The third kappa shape index (κ3) is 4.47. The standard InChI is InChI=1S/C12H6O9S3.6CH3.2Sn/c13-22(14)7-3-1-5-9(23(15,16)17)11(7)21-12-8(22)4-2-6-10(12)24(18,19)20;;;;;;;;/h1-2,5-6H,(H,15,16,17)(H,18,19,20);6*1H3;;. The zero-order valence-corrected chi connectivity index (χ0v) is 26.4. The number of hydrogen-bond donors (Lipinski definition) is 2. The Morgan fingerprint density at radius 1 is 0.688 bits per heavy atom. The van der Waals surface area contributed by atoms with E-state index in [1.165, 1.54) is 12.1 Å². The molecule has 14 heteroatoms. The summed E-state index contributed by atoms with van der Waals surface area (Å²) < 4.78 is 102. The van der Waals surface area contributed by atoms with Gasteiger partial charge in [-0.05, 0) is 0 Å². The van der Waals surface area contributed by atoms with Crippen molar-refractivity contribution in [3.8, 4) is 11.5 Å². The summed E-state index contributed by atoms with van der Waals surface area (Å²) in [7, 11) is -14.3. The molecule has 2 aromatic carbocycles. The minimum atomic E-state index is -4.91. The van der Waals surface area contributed by atoms with Crippen LogP contribution in [0, 0.1) is 0 Å². The van der Waals surface area contributed by atoms with Gasteiger partial charge >= 0.3 is 198 Å². The summed E-state index contributed by atoms with van der Waals surface area (Å²) in [6, 6.07) is 4.89. The van der Waals surface area contributed by atoms with E-state index < -0.39 is 88.1 Å². The quantitative estimate of drug-likeness (QED) is 0.306. The van der Waals surface area contributed by atoms with Crippen molar-refractivity contribution >= 4 is 74.0 Å². The number of sulfone groups is 1. The van der Waals surface area contributed by atoms with Crippen LogP contribution in [-0.2, 0) is 30.1 Å². The van der Waals surface area contributed by atoms with E-state index in [-0.39, 0.29) is 9.79 Å². The second-order valence-corrected chi connectivity index (χ2v) is 43.0. The van der Waals surface area contributed by atoms with Gasteiger partial charge in [0.2, 0.25) is 0 Å². The first-order chi connectivity index (χ1) is 14.2. The van der Waals surface area contributed by atoms with Gasteiger partial charge in [-0.1, -0.05) is 0 Å². The third-order valence-corrected chi connectivity index (χ3v) is 21.3. The summed E-state index contributed by atoms with van der Waals surface area (Å²) in [6.07, 6.45) is 0. The average molecular weight is 718 g/mol. The SMILES string of the molecule is [CH3][Sn]([CH3])([CH3])[c]1ccc(S(=O)(=O)O)c2c1S(=O)(=O)c1[c]([Sn]([CH3])([CH3])[CH3])ccc(S(=O)(=O)O)c1O2. The summed E-state index contributed by atoms with van der Waals surface area (Å²) in [6.45, 7) is 0. The zero-order chi connectivity index (χ0) is 24.7. The van der Waals surface area contributed by atoms with Crippen molar-refractivity contribution in [1.29, 1.82) is 0 Å². The molecule has 3 rings (SSSR count). The number of fused-ring (bicyclic) bond motifs is 2. The summed E-state index contributed by atoms with van der Waals surface area (Å²) in [5.41, 5.74) is 0. The van der Waals surface area contributed by atoms with Crippen LogP contribution < -0.4 is 11.9 Å².